The van der Waals surface area contributed by atoms with E-state index in [9.17, 15) is 14.9 Å². The van der Waals surface area contributed by atoms with E-state index in [0.717, 1.165) is 19.3 Å². The summed E-state index contributed by atoms with van der Waals surface area (Å²) in [5.41, 5.74) is 1.17. The second kappa shape index (κ2) is 10.4. The number of benzene rings is 2. The SMILES string of the molecule is CC(C)(C#N)CC(CCCOC(=O)C(=O)c1ccccc1)Cc1ccccc1. The van der Waals surface area contributed by atoms with Crippen LogP contribution in [0.1, 0.15) is 49.0 Å². The fraction of sp³-hybridized carbons (Fsp3) is 0.375. The standard InChI is InChI=1S/C24H27NO3/c1-24(2,18-25)17-20(16-19-10-5-3-6-11-19)12-9-15-28-23(27)22(26)21-13-7-4-8-14-21/h3-8,10-11,13-14,20H,9,12,15-17H2,1-2H3. The Labute approximate surface area is 167 Å². The Morgan fingerprint density at radius 2 is 1.64 bits per heavy atom. The number of nitriles is 1. The van der Waals surface area contributed by atoms with Crippen molar-refractivity contribution in [1.29, 1.82) is 5.26 Å². The molecule has 0 aliphatic rings. The first-order valence-electron chi connectivity index (χ1n) is 9.63. The molecule has 4 nitrogen and oxygen atoms in total. The van der Waals surface area contributed by atoms with E-state index < -0.39 is 17.2 Å². The zero-order valence-corrected chi connectivity index (χ0v) is 16.6. The predicted octanol–water partition coefficient (Wildman–Crippen LogP) is 4.99. The van der Waals surface area contributed by atoms with E-state index in [1.54, 1.807) is 30.3 Å². The van der Waals surface area contributed by atoms with Gasteiger partial charge in [-0.25, -0.2) is 4.79 Å². The lowest BCUT2D eigenvalue weighted by Crippen LogP contribution is -2.20. The van der Waals surface area contributed by atoms with Gasteiger partial charge in [-0.3, -0.25) is 4.79 Å². The van der Waals surface area contributed by atoms with Crippen LogP contribution in [0.4, 0.5) is 0 Å². The van der Waals surface area contributed by atoms with Crippen molar-refractivity contribution in [3.8, 4) is 6.07 Å². The maximum absolute atomic E-state index is 12.0. The number of Topliss-reactive ketones (excluding diaryl/α,β-unsaturated/α-hetero) is 1. The molecule has 0 aliphatic heterocycles. The molecule has 0 fully saturated rings. The van der Waals surface area contributed by atoms with Crippen molar-refractivity contribution in [1.82, 2.24) is 0 Å². The monoisotopic (exact) mass is 377 g/mol. The second-order valence-electron chi connectivity index (χ2n) is 7.73. The van der Waals surface area contributed by atoms with Crippen LogP contribution in [0, 0.1) is 22.7 Å². The van der Waals surface area contributed by atoms with Gasteiger partial charge in [0, 0.05) is 5.56 Å². The highest BCUT2D eigenvalue weighted by Gasteiger charge is 2.23. The molecular formula is C24H27NO3. The highest BCUT2D eigenvalue weighted by molar-refractivity contribution is 6.40. The molecule has 2 aromatic carbocycles. The molecule has 0 bridgehead atoms. The van der Waals surface area contributed by atoms with Crippen LogP contribution in [0.3, 0.4) is 0 Å². The minimum Gasteiger partial charge on any atom is -0.460 e. The summed E-state index contributed by atoms with van der Waals surface area (Å²) >= 11 is 0. The van der Waals surface area contributed by atoms with E-state index in [2.05, 4.69) is 18.2 Å². The van der Waals surface area contributed by atoms with Crippen molar-refractivity contribution in [2.45, 2.75) is 39.5 Å². The van der Waals surface area contributed by atoms with Crippen LogP contribution < -0.4 is 0 Å². The molecule has 1 atom stereocenters. The topological polar surface area (TPSA) is 67.2 Å². The van der Waals surface area contributed by atoms with Gasteiger partial charge in [0.1, 0.15) is 0 Å². The summed E-state index contributed by atoms with van der Waals surface area (Å²) in [6.07, 6.45) is 3.14. The highest BCUT2D eigenvalue weighted by atomic mass is 16.5. The van der Waals surface area contributed by atoms with Crippen LogP contribution in [0.25, 0.3) is 0 Å². The minimum atomic E-state index is -0.817. The van der Waals surface area contributed by atoms with Crippen LogP contribution in [-0.2, 0) is 16.0 Å². The lowest BCUT2D eigenvalue weighted by molar-refractivity contribution is -0.138. The van der Waals surface area contributed by atoms with Gasteiger partial charge >= 0.3 is 5.97 Å². The summed E-state index contributed by atoms with van der Waals surface area (Å²) in [5.74, 6) is -1.13. The van der Waals surface area contributed by atoms with Crippen LogP contribution >= 0.6 is 0 Å². The second-order valence-corrected chi connectivity index (χ2v) is 7.73. The average Bonchev–Trinajstić information content (AvgIpc) is 2.71. The number of nitrogens with zero attached hydrogens (tertiary/aromatic N) is 1. The van der Waals surface area contributed by atoms with E-state index in [1.165, 1.54) is 5.56 Å². The number of carbonyl (C=O) groups is 2. The third kappa shape index (κ3) is 7.00. The number of hydrogen-bond acceptors (Lipinski definition) is 4. The fourth-order valence-corrected chi connectivity index (χ4v) is 3.30. The number of hydrogen-bond donors (Lipinski definition) is 0. The molecule has 0 saturated heterocycles. The Balaban J connectivity index is 1.86. The molecule has 0 aliphatic carbocycles. The van der Waals surface area contributed by atoms with Crippen LogP contribution in [0.2, 0.25) is 0 Å². The van der Waals surface area contributed by atoms with Crippen LogP contribution in [0.15, 0.2) is 60.7 Å². The first-order chi connectivity index (χ1) is 13.4. The molecule has 1 unspecified atom stereocenters. The Morgan fingerprint density at radius 3 is 2.25 bits per heavy atom. The van der Waals surface area contributed by atoms with Gasteiger partial charge in [-0.05, 0) is 51.0 Å². The zero-order chi connectivity index (χ0) is 20.4. The van der Waals surface area contributed by atoms with Crippen molar-refractivity contribution in [3.05, 3.63) is 71.8 Å². The molecule has 0 saturated carbocycles. The van der Waals surface area contributed by atoms with Crippen LogP contribution in [0.5, 0.6) is 0 Å². The molecule has 0 N–H and O–H groups in total. The smallest absolute Gasteiger partial charge is 0.379 e. The molecule has 0 radical (unpaired) electrons. The van der Waals surface area contributed by atoms with Gasteiger partial charge in [0.2, 0.25) is 0 Å². The van der Waals surface area contributed by atoms with Gasteiger partial charge in [-0.2, -0.15) is 5.26 Å². The fourth-order valence-electron chi connectivity index (χ4n) is 3.30. The number of esters is 1. The first-order valence-corrected chi connectivity index (χ1v) is 9.63. The molecule has 0 heterocycles. The third-order valence-electron chi connectivity index (χ3n) is 4.68. The lowest BCUT2D eigenvalue weighted by atomic mass is 9.79. The Morgan fingerprint density at radius 1 is 1.04 bits per heavy atom. The molecule has 0 spiro atoms. The maximum atomic E-state index is 12.0. The van der Waals surface area contributed by atoms with E-state index in [1.807, 2.05) is 32.0 Å². The van der Waals surface area contributed by atoms with Crippen molar-refractivity contribution in [2.24, 2.45) is 11.3 Å². The highest BCUT2D eigenvalue weighted by Crippen LogP contribution is 2.29. The number of carbonyl (C=O) groups excluding carboxylic acids is 2. The summed E-state index contributed by atoms with van der Waals surface area (Å²) < 4.78 is 5.16. The first kappa shape index (κ1) is 21.4. The van der Waals surface area contributed by atoms with Gasteiger partial charge in [0.25, 0.3) is 5.78 Å². The zero-order valence-electron chi connectivity index (χ0n) is 16.6. The van der Waals surface area contributed by atoms with E-state index in [0.29, 0.717) is 17.9 Å². The third-order valence-corrected chi connectivity index (χ3v) is 4.68. The van der Waals surface area contributed by atoms with Crippen molar-refractivity contribution >= 4 is 11.8 Å². The summed E-state index contributed by atoms with van der Waals surface area (Å²) in [6.45, 7) is 4.10. The summed E-state index contributed by atoms with van der Waals surface area (Å²) in [4.78, 5) is 24.0. The summed E-state index contributed by atoms with van der Waals surface area (Å²) in [5, 5.41) is 9.37. The molecule has 0 aromatic heterocycles. The minimum absolute atomic E-state index is 0.204. The molecule has 2 rings (SSSR count). The quantitative estimate of drug-likeness (QED) is 0.253. The van der Waals surface area contributed by atoms with Gasteiger partial charge in [0.15, 0.2) is 0 Å². The average molecular weight is 377 g/mol. The Bertz CT molecular complexity index is 807. The van der Waals surface area contributed by atoms with E-state index in [-0.39, 0.29) is 6.61 Å². The lowest BCUT2D eigenvalue weighted by Gasteiger charge is -2.24. The van der Waals surface area contributed by atoms with Crippen LogP contribution in [-0.4, -0.2) is 18.4 Å². The van der Waals surface area contributed by atoms with Gasteiger partial charge in [0.05, 0.1) is 18.1 Å². The Hall–Kier alpha value is -2.93. The number of rotatable bonds is 10. The summed E-state index contributed by atoms with van der Waals surface area (Å²) in [6, 6.07) is 21.0. The van der Waals surface area contributed by atoms with Gasteiger partial charge in [-0.15, -0.1) is 0 Å². The summed E-state index contributed by atoms with van der Waals surface area (Å²) in [7, 11) is 0. The van der Waals surface area contributed by atoms with Crippen molar-refractivity contribution < 1.29 is 14.3 Å². The molecular weight excluding hydrogens is 350 g/mol. The van der Waals surface area contributed by atoms with Gasteiger partial charge < -0.3 is 4.74 Å². The largest absolute Gasteiger partial charge is 0.460 e. The molecule has 146 valence electrons. The normalized spacial score (nSPS) is 12.0. The Kier molecular flexibility index (Phi) is 7.95. The van der Waals surface area contributed by atoms with Crippen molar-refractivity contribution in [2.75, 3.05) is 6.61 Å². The molecule has 4 heteroatoms. The molecule has 2 aromatic rings. The number of ketones is 1. The predicted molar refractivity (Wildman–Crippen MR) is 109 cm³/mol. The van der Waals surface area contributed by atoms with E-state index >= 15 is 0 Å². The molecule has 0 amide bonds. The maximum Gasteiger partial charge on any atom is 0.379 e. The van der Waals surface area contributed by atoms with Crippen molar-refractivity contribution in [3.63, 3.8) is 0 Å². The molecule has 28 heavy (non-hydrogen) atoms. The van der Waals surface area contributed by atoms with Gasteiger partial charge in [-0.1, -0.05) is 60.7 Å². The number of ether oxygens (including phenoxy) is 1. The van der Waals surface area contributed by atoms with E-state index in [4.69, 9.17) is 4.74 Å².